The molecule has 0 amide bonds. The molecule has 0 saturated carbocycles. The first-order valence-corrected chi connectivity index (χ1v) is 14.0. The Balaban J connectivity index is 1.62. The third-order valence-electron chi connectivity index (χ3n) is 6.33. The van der Waals surface area contributed by atoms with E-state index < -0.39 is 5.41 Å². The summed E-state index contributed by atoms with van der Waals surface area (Å²) in [7, 11) is 0. The standard InChI is InChI=1S/C30H27ClN6O3S/c1-30(2,3)29(40)37-27(34-17-21-6-9-26(31)41-21)15-23(35-37)24-8-7-22(20-5-4-12-33-16-20)28(39)36(24)18-25(38)19-10-13-32-14-11-19/h4-16,34H,17-18H2,1-3H3. The highest BCUT2D eigenvalue weighted by molar-refractivity contribution is 7.16. The zero-order valence-corrected chi connectivity index (χ0v) is 24.2. The Morgan fingerprint density at radius 3 is 2.44 bits per heavy atom. The SMILES string of the molecule is CC(C)(C)C(=O)n1nc(-c2ccc(-c3cccnc3)c(=O)n2CC(=O)c2ccncc2)cc1NCc1ccc(Cl)s1. The molecule has 0 unspecified atom stereocenters. The average Bonchev–Trinajstić information content (AvgIpc) is 3.58. The van der Waals surface area contributed by atoms with Crippen molar-refractivity contribution in [3.63, 3.8) is 0 Å². The van der Waals surface area contributed by atoms with Gasteiger partial charge in [-0.2, -0.15) is 9.78 Å². The summed E-state index contributed by atoms with van der Waals surface area (Å²) in [6, 6.07) is 15.6. The summed E-state index contributed by atoms with van der Waals surface area (Å²) < 4.78 is 3.37. The maximum Gasteiger partial charge on any atom is 0.259 e. The molecule has 0 bridgehead atoms. The maximum absolute atomic E-state index is 13.9. The molecule has 5 aromatic heterocycles. The van der Waals surface area contributed by atoms with E-state index in [4.69, 9.17) is 11.6 Å². The Morgan fingerprint density at radius 1 is 1.00 bits per heavy atom. The summed E-state index contributed by atoms with van der Waals surface area (Å²) in [5.41, 5.74) is 1.10. The fraction of sp³-hybridized carbons (Fsp3) is 0.200. The summed E-state index contributed by atoms with van der Waals surface area (Å²) in [5.74, 6) is -0.0401. The third-order valence-corrected chi connectivity index (χ3v) is 7.56. The van der Waals surface area contributed by atoms with E-state index in [0.29, 0.717) is 44.8 Å². The fourth-order valence-corrected chi connectivity index (χ4v) is 5.23. The minimum absolute atomic E-state index is 0.232. The Labute approximate surface area is 245 Å². The lowest BCUT2D eigenvalue weighted by Crippen LogP contribution is -2.29. The Kier molecular flexibility index (Phi) is 7.96. The number of rotatable bonds is 8. The smallest absolute Gasteiger partial charge is 0.259 e. The number of nitrogens with one attached hydrogen (secondary N) is 1. The maximum atomic E-state index is 13.9. The van der Waals surface area contributed by atoms with Gasteiger partial charge in [0.25, 0.3) is 11.5 Å². The van der Waals surface area contributed by atoms with Crippen LogP contribution in [0.1, 0.15) is 40.8 Å². The highest BCUT2D eigenvalue weighted by atomic mass is 35.5. The van der Waals surface area contributed by atoms with E-state index in [2.05, 4.69) is 20.4 Å². The van der Waals surface area contributed by atoms with E-state index in [1.807, 2.05) is 32.9 Å². The molecular weight excluding hydrogens is 560 g/mol. The number of Topliss-reactive ketones (excluding diaryl/α,β-unsaturated/α-hetero) is 1. The van der Waals surface area contributed by atoms with E-state index in [9.17, 15) is 14.4 Å². The minimum atomic E-state index is -0.729. The molecule has 0 fully saturated rings. The number of thiophene rings is 1. The van der Waals surface area contributed by atoms with E-state index in [-0.39, 0.29) is 23.8 Å². The molecule has 41 heavy (non-hydrogen) atoms. The molecule has 11 heteroatoms. The quantitative estimate of drug-likeness (QED) is 0.220. The first-order valence-electron chi connectivity index (χ1n) is 12.8. The van der Waals surface area contributed by atoms with Crippen LogP contribution in [0.25, 0.3) is 22.5 Å². The Morgan fingerprint density at radius 2 is 1.78 bits per heavy atom. The van der Waals surface area contributed by atoms with Crippen LogP contribution in [-0.4, -0.2) is 36.0 Å². The second kappa shape index (κ2) is 11.6. The van der Waals surface area contributed by atoms with Gasteiger partial charge < -0.3 is 5.32 Å². The molecule has 0 aromatic carbocycles. The van der Waals surface area contributed by atoms with Crippen LogP contribution in [0.5, 0.6) is 0 Å². The van der Waals surface area contributed by atoms with Gasteiger partial charge >= 0.3 is 0 Å². The lowest BCUT2D eigenvalue weighted by atomic mass is 9.96. The number of aromatic nitrogens is 5. The van der Waals surface area contributed by atoms with E-state index in [0.717, 1.165) is 4.88 Å². The minimum Gasteiger partial charge on any atom is -0.365 e. The second-order valence-electron chi connectivity index (χ2n) is 10.4. The van der Waals surface area contributed by atoms with Gasteiger partial charge in [-0.15, -0.1) is 11.3 Å². The molecule has 0 aliphatic heterocycles. The largest absolute Gasteiger partial charge is 0.365 e. The van der Waals surface area contributed by atoms with Gasteiger partial charge in [0.1, 0.15) is 11.5 Å². The first kappa shape index (κ1) is 28.1. The molecule has 5 heterocycles. The molecular formula is C30H27ClN6O3S. The summed E-state index contributed by atoms with van der Waals surface area (Å²) in [6.07, 6.45) is 6.28. The molecule has 5 aromatic rings. The van der Waals surface area contributed by atoms with Gasteiger partial charge in [0, 0.05) is 57.8 Å². The average molecular weight is 587 g/mol. The van der Waals surface area contributed by atoms with Gasteiger partial charge in [-0.1, -0.05) is 38.4 Å². The summed E-state index contributed by atoms with van der Waals surface area (Å²) in [5, 5.41) is 7.92. The van der Waals surface area contributed by atoms with Crippen LogP contribution in [0, 0.1) is 5.41 Å². The van der Waals surface area contributed by atoms with Crippen molar-refractivity contribution in [1.82, 2.24) is 24.3 Å². The van der Waals surface area contributed by atoms with Crippen molar-refractivity contribution in [1.29, 1.82) is 0 Å². The number of pyridine rings is 3. The Hall–Kier alpha value is -4.41. The van der Waals surface area contributed by atoms with Gasteiger partial charge in [0.05, 0.1) is 23.1 Å². The van der Waals surface area contributed by atoms with Gasteiger partial charge in [-0.25, -0.2) is 0 Å². The number of hydrogen-bond acceptors (Lipinski definition) is 8. The van der Waals surface area contributed by atoms with E-state index >= 15 is 0 Å². The number of ketones is 1. The molecule has 9 nitrogen and oxygen atoms in total. The topological polar surface area (TPSA) is 112 Å². The van der Waals surface area contributed by atoms with Crippen molar-refractivity contribution in [2.45, 2.75) is 33.9 Å². The fourth-order valence-electron chi connectivity index (χ4n) is 4.20. The van der Waals surface area contributed by atoms with Gasteiger partial charge in [-0.05, 0) is 42.5 Å². The van der Waals surface area contributed by atoms with Crippen molar-refractivity contribution < 1.29 is 9.59 Å². The molecule has 0 aliphatic carbocycles. The molecule has 5 rings (SSSR count). The van der Waals surface area contributed by atoms with E-state index in [1.165, 1.54) is 33.0 Å². The highest BCUT2D eigenvalue weighted by Crippen LogP contribution is 2.28. The summed E-state index contributed by atoms with van der Waals surface area (Å²) in [6.45, 7) is 5.62. The van der Waals surface area contributed by atoms with Crippen molar-refractivity contribution in [3.05, 3.63) is 105 Å². The predicted molar refractivity (Wildman–Crippen MR) is 160 cm³/mol. The number of carbonyl (C=O) groups is 2. The number of halogens is 1. The zero-order chi connectivity index (χ0) is 29.1. The van der Waals surface area contributed by atoms with Crippen molar-refractivity contribution >= 4 is 40.4 Å². The van der Waals surface area contributed by atoms with Gasteiger partial charge in [0.2, 0.25) is 0 Å². The van der Waals surface area contributed by atoms with Gasteiger partial charge in [0.15, 0.2) is 5.78 Å². The highest BCUT2D eigenvalue weighted by Gasteiger charge is 2.28. The number of nitrogens with zero attached hydrogens (tertiary/aromatic N) is 5. The normalized spacial score (nSPS) is 11.4. The van der Waals surface area contributed by atoms with Gasteiger partial charge in [-0.3, -0.25) is 28.9 Å². The molecule has 0 saturated heterocycles. The molecule has 0 radical (unpaired) electrons. The van der Waals surface area contributed by atoms with Crippen LogP contribution >= 0.6 is 22.9 Å². The monoisotopic (exact) mass is 586 g/mol. The summed E-state index contributed by atoms with van der Waals surface area (Å²) in [4.78, 5) is 49.6. The molecule has 1 N–H and O–H groups in total. The van der Waals surface area contributed by atoms with Crippen LogP contribution < -0.4 is 10.9 Å². The first-order chi connectivity index (χ1) is 19.6. The van der Waals surface area contributed by atoms with Crippen LogP contribution in [0.3, 0.4) is 0 Å². The molecule has 0 atom stereocenters. The Bertz CT molecular complexity index is 1770. The molecule has 0 spiro atoms. The number of carbonyl (C=O) groups excluding carboxylic acids is 2. The lowest BCUT2D eigenvalue weighted by Gasteiger charge is -2.18. The van der Waals surface area contributed by atoms with Crippen molar-refractivity contribution in [3.8, 4) is 22.5 Å². The second-order valence-corrected chi connectivity index (χ2v) is 12.2. The number of anilines is 1. The van der Waals surface area contributed by atoms with Crippen LogP contribution in [0.15, 0.2) is 84.2 Å². The van der Waals surface area contributed by atoms with Crippen molar-refractivity contribution in [2.24, 2.45) is 5.41 Å². The zero-order valence-electron chi connectivity index (χ0n) is 22.7. The predicted octanol–water partition coefficient (Wildman–Crippen LogP) is 6.07. The molecule has 0 aliphatic rings. The van der Waals surface area contributed by atoms with Crippen LogP contribution in [0.4, 0.5) is 5.82 Å². The van der Waals surface area contributed by atoms with Crippen LogP contribution in [0.2, 0.25) is 4.34 Å². The molecule has 208 valence electrons. The number of hydrogen-bond donors (Lipinski definition) is 1. The van der Waals surface area contributed by atoms with E-state index in [1.54, 1.807) is 54.9 Å². The summed E-state index contributed by atoms with van der Waals surface area (Å²) >= 11 is 7.53. The third kappa shape index (κ3) is 6.18. The van der Waals surface area contributed by atoms with Crippen LogP contribution in [-0.2, 0) is 13.1 Å². The lowest BCUT2D eigenvalue weighted by molar-refractivity contribution is 0.0752. The van der Waals surface area contributed by atoms with Crippen molar-refractivity contribution in [2.75, 3.05) is 5.32 Å².